The zero-order chi connectivity index (χ0) is 14.1. The van der Waals surface area contributed by atoms with E-state index in [1.807, 2.05) is 12.1 Å². The van der Waals surface area contributed by atoms with Crippen molar-refractivity contribution >= 4 is 22.3 Å². The molecule has 1 saturated heterocycles. The van der Waals surface area contributed by atoms with Gasteiger partial charge in [-0.15, -0.1) is 0 Å². The molecule has 0 spiro atoms. The molecular weight excluding hydrogens is 248 g/mol. The minimum absolute atomic E-state index is 0.533. The lowest BCUT2D eigenvalue weighted by Gasteiger charge is -2.37. The summed E-state index contributed by atoms with van der Waals surface area (Å²) in [6, 6.07) is 8.67. The third kappa shape index (κ3) is 2.31. The number of nitrogens with two attached hydrogens (primary N) is 1. The first-order valence-corrected chi connectivity index (χ1v) is 7.21. The normalized spacial score (nSPS) is 20.2. The van der Waals surface area contributed by atoms with Crippen LogP contribution in [0.1, 0.15) is 12.8 Å². The summed E-state index contributed by atoms with van der Waals surface area (Å²) >= 11 is 0. The molecule has 0 aliphatic carbocycles. The van der Waals surface area contributed by atoms with Crippen LogP contribution < -0.4 is 10.6 Å². The van der Waals surface area contributed by atoms with E-state index in [0.29, 0.717) is 6.04 Å². The summed E-state index contributed by atoms with van der Waals surface area (Å²) in [5.74, 6) is 0. The van der Waals surface area contributed by atoms with E-state index in [0.717, 1.165) is 28.8 Å². The predicted octanol–water partition coefficient (Wildman–Crippen LogP) is 2.35. The van der Waals surface area contributed by atoms with Crippen LogP contribution >= 0.6 is 0 Å². The number of likely N-dealkylation sites (tertiary alicyclic amines) is 1. The lowest BCUT2D eigenvalue weighted by molar-refractivity contribution is 0.248. The molecule has 4 nitrogen and oxygen atoms in total. The first kappa shape index (κ1) is 13.2. The Kier molecular flexibility index (Phi) is 3.49. The van der Waals surface area contributed by atoms with Gasteiger partial charge in [0.2, 0.25) is 0 Å². The number of rotatable bonds is 2. The fourth-order valence-electron chi connectivity index (χ4n) is 3.12. The SMILES string of the molecule is CN1CCCC(N(C)c2ccc3ncccc3c2N)C1. The Morgan fingerprint density at radius 3 is 3.00 bits per heavy atom. The molecule has 2 heterocycles. The molecule has 0 radical (unpaired) electrons. The molecule has 0 saturated carbocycles. The highest BCUT2D eigenvalue weighted by Gasteiger charge is 2.22. The van der Waals surface area contributed by atoms with Crippen molar-refractivity contribution in [2.45, 2.75) is 18.9 Å². The molecule has 2 N–H and O–H groups in total. The van der Waals surface area contributed by atoms with Crippen molar-refractivity contribution in [1.82, 2.24) is 9.88 Å². The zero-order valence-corrected chi connectivity index (χ0v) is 12.2. The summed E-state index contributed by atoms with van der Waals surface area (Å²) in [5.41, 5.74) is 9.28. The third-order valence-corrected chi connectivity index (χ3v) is 4.33. The lowest BCUT2D eigenvalue weighted by Crippen LogP contribution is -2.45. The van der Waals surface area contributed by atoms with Crippen LogP contribution in [0.2, 0.25) is 0 Å². The predicted molar refractivity (Wildman–Crippen MR) is 85.1 cm³/mol. The summed E-state index contributed by atoms with van der Waals surface area (Å²) in [7, 11) is 4.34. The third-order valence-electron chi connectivity index (χ3n) is 4.33. The summed E-state index contributed by atoms with van der Waals surface area (Å²) in [6.07, 6.45) is 4.28. The molecular formula is C16H22N4. The van der Waals surface area contributed by atoms with Crippen LogP contribution in [0.3, 0.4) is 0 Å². The monoisotopic (exact) mass is 270 g/mol. The van der Waals surface area contributed by atoms with Gasteiger partial charge in [0.15, 0.2) is 0 Å². The molecule has 1 atom stereocenters. The molecule has 2 aromatic rings. The Labute approximate surface area is 120 Å². The second kappa shape index (κ2) is 5.29. The molecule has 4 heteroatoms. The number of nitrogen functional groups attached to an aromatic ring is 1. The van der Waals surface area contributed by atoms with Crippen molar-refractivity contribution in [3.63, 3.8) is 0 Å². The Hall–Kier alpha value is -1.81. The molecule has 0 bridgehead atoms. The molecule has 1 aromatic heterocycles. The average Bonchev–Trinajstić information content (AvgIpc) is 2.47. The van der Waals surface area contributed by atoms with Gasteiger partial charge >= 0.3 is 0 Å². The van der Waals surface area contributed by atoms with E-state index in [1.165, 1.54) is 19.4 Å². The van der Waals surface area contributed by atoms with E-state index < -0.39 is 0 Å². The molecule has 20 heavy (non-hydrogen) atoms. The second-order valence-electron chi connectivity index (χ2n) is 5.74. The van der Waals surface area contributed by atoms with Crippen LogP contribution in [0.5, 0.6) is 0 Å². The lowest BCUT2D eigenvalue weighted by atomic mass is 10.0. The summed E-state index contributed by atoms with van der Waals surface area (Å²) < 4.78 is 0. The van der Waals surface area contributed by atoms with Crippen molar-refractivity contribution in [3.8, 4) is 0 Å². The number of pyridine rings is 1. The van der Waals surface area contributed by atoms with E-state index >= 15 is 0 Å². The fourth-order valence-corrected chi connectivity index (χ4v) is 3.12. The largest absolute Gasteiger partial charge is 0.396 e. The highest BCUT2D eigenvalue weighted by atomic mass is 15.2. The van der Waals surface area contributed by atoms with Gasteiger partial charge in [-0.05, 0) is 50.7 Å². The number of benzene rings is 1. The smallest absolute Gasteiger partial charge is 0.0724 e. The fraction of sp³-hybridized carbons (Fsp3) is 0.438. The minimum atomic E-state index is 0.533. The number of likely N-dealkylation sites (N-methyl/N-ethyl adjacent to an activating group) is 2. The van der Waals surface area contributed by atoms with Gasteiger partial charge in [-0.1, -0.05) is 0 Å². The van der Waals surface area contributed by atoms with Gasteiger partial charge in [0, 0.05) is 31.2 Å². The van der Waals surface area contributed by atoms with Gasteiger partial charge in [-0.2, -0.15) is 0 Å². The van der Waals surface area contributed by atoms with Gasteiger partial charge in [0.25, 0.3) is 0 Å². The van der Waals surface area contributed by atoms with Crippen LogP contribution in [0.4, 0.5) is 11.4 Å². The molecule has 106 valence electrons. The molecule has 0 amide bonds. The number of piperidine rings is 1. The first-order valence-electron chi connectivity index (χ1n) is 7.21. The highest BCUT2D eigenvalue weighted by molar-refractivity contribution is 5.97. The van der Waals surface area contributed by atoms with Crippen LogP contribution in [0, 0.1) is 0 Å². The molecule has 1 aromatic carbocycles. The first-order chi connectivity index (χ1) is 9.66. The number of aromatic nitrogens is 1. The second-order valence-corrected chi connectivity index (χ2v) is 5.74. The van der Waals surface area contributed by atoms with Crippen molar-refractivity contribution < 1.29 is 0 Å². The number of hydrogen-bond acceptors (Lipinski definition) is 4. The number of fused-ring (bicyclic) bond motifs is 1. The maximum Gasteiger partial charge on any atom is 0.0724 e. The van der Waals surface area contributed by atoms with Crippen molar-refractivity contribution in [3.05, 3.63) is 30.5 Å². The Morgan fingerprint density at radius 2 is 2.20 bits per heavy atom. The van der Waals surface area contributed by atoms with Crippen LogP contribution in [0.15, 0.2) is 30.5 Å². The van der Waals surface area contributed by atoms with Crippen LogP contribution in [0.25, 0.3) is 10.9 Å². The van der Waals surface area contributed by atoms with Gasteiger partial charge in [0.05, 0.1) is 16.9 Å². The molecule has 1 unspecified atom stereocenters. The molecule has 1 aliphatic rings. The number of anilines is 2. The summed E-state index contributed by atoms with van der Waals surface area (Å²) in [6.45, 7) is 2.29. The van der Waals surface area contributed by atoms with Gasteiger partial charge in [-0.25, -0.2) is 0 Å². The van der Waals surface area contributed by atoms with E-state index in [9.17, 15) is 0 Å². The summed E-state index contributed by atoms with van der Waals surface area (Å²) in [5, 5.41) is 1.04. The number of nitrogens with zero attached hydrogens (tertiary/aromatic N) is 3. The van der Waals surface area contributed by atoms with E-state index in [2.05, 4.69) is 41.0 Å². The maximum atomic E-state index is 6.37. The van der Waals surface area contributed by atoms with E-state index in [4.69, 9.17) is 5.73 Å². The molecule has 1 aliphatic heterocycles. The Bertz CT molecular complexity index is 610. The van der Waals surface area contributed by atoms with Gasteiger partial charge < -0.3 is 15.5 Å². The molecule has 3 rings (SSSR count). The Morgan fingerprint density at radius 1 is 1.35 bits per heavy atom. The number of hydrogen-bond donors (Lipinski definition) is 1. The zero-order valence-electron chi connectivity index (χ0n) is 12.2. The van der Waals surface area contributed by atoms with Crippen molar-refractivity contribution in [2.24, 2.45) is 0 Å². The summed E-state index contributed by atoms with van der Waals surface area (Å²) in [4.78, 5) is 9.08. The van der Waals surface area contributed by atoms with E-state index in [-0.39, 0.29) is 0 Å². The minimum Gasteiger partial charge on any atom is -0.396 e. The highest BCUT2D eigenvalue weighted by Crippen LogP contribution is 2.32. The standard InChI is InChI=1S/C16H22N4/c1-19-10-4-5-12(11-19)20(2)15-8-7-14-13(16(15)17)6-3-9-18-14/h3,6-9,12H,4-5,10-11,17H2,1-2H3. The van der Waals surface area contributed by atoms with Crippen molar-refractivity contribution in [2.75, 3.05) is 37.8 Å². The van der Waals surface area contributed by atoms with Gasteiger partial charge in [0.1, 0.15) is 0 Å². The van der Waals surface area contributed by atoms with E-state index in [1.54, 1.807) is 6.20 Å². The quantitative estimate of drug-likeness (QED) is 0.851. The molecule has 1 fully saturated rings. The van der Waals surface area contributed by atoms with Crippen LogP contribution in [-0.2, 0) is 0 Å². The average molecular weight is 270 g/mol. The Balaban J connectivity index is 1.95. The maximum absolute atomic E-state index is 6.37. The van der Waals surface area contributed by atoms with Crippen molar-refractivity contribution in [1.29, 1.82) is 0 Å². The topological polar surface area (TPSA) is 45.4 Å². The van der Waals surface area contributed by atoms with Crippen LogP contribution in [-0.4, -0.2) is 43.1 Å². The van der Waals surface area contributed by atoms with Gasteiger partial charge in [-0.3, -0.25) is 4.98 Å².